The second-order valence-electron chi connectivity index (χ2n) is 8.85. The van der Waals surface area contributed by atoms with Gasteiger partial charge >= 0.3 is 6.03 Å². The lowest BCUT2D eigenvalue weighted by atomic mass is 10.1. The van der Waals surface area contributed by atoms with Crippen LogP contribution in [0, 0.1) is 0 Å². The number of nitrogens with zero attached hydrogens (tertiary/aromatic N) is 3. The minimum Gasteiger partial charge on any atom is -0.375 e. The molecule has 0 aromatic rings. The van der Waals surface area contributed by atoms with Crippen LogP contribution in [0.5, 0.6) is 0 Å². The average Bonchev–Trinajstić information content (AvgIpc) is 2.78. The number of ether oxygens (including phenoxy) is 1. The van der Waals surface area contributed by atoms with Crippen LogP contribution in [0.3, 0.4) is 0 Å². The van der Waals surface area contributed by atoms with Gasteiger partial charge in [-0.3, -0.25) is 10.1 Å². The van der Waals surface area contributed by atoms with Crippen molar-refractivity contribution in [1.82, 2.24) is 25.3 Å². The second-order valence-corrected chi connectivity index (χ2v) is 8.85. The van der Waals surface area contributed by atoms with Gasteiger partial charge in [-0.2, -0.15) is 0 Å². The van der Waals surface area contributed by atoms with Crippen molar-refractivity contribution in [3.05, 3.63) is 23.9 Å². The fraction of sp³-hybridized carbons (Fsp3) is 0.727. The molecule has 0 saturated carbocycles. The monoisotopic (exact) mass is 433 g/mol. The summed E-state index contributed by atoms with van der Waals surface area (Å²) in [5.74, 6) is -0.245. The third-order valence-electron chi connectivity index (χ3n) is 6.63. The van der Waals surface area contributed by atoms with Gasteiger partial charge in [0.15, 0.2) is 6.23 Å². The number of hydrogen-bond donors (Lipinski definition) is 3. The zero-order chi connectivity index (χ0) is 21.6. The van der Waals surface area contributed by atoms with Crippen LogP contribution < -0.4 is 10.6 Å². The highest BCUT2D eigenvalue weighted by Crippen LogP contribution is 2.20. The Kier molecular flexibility index (Phi) is 7.60. The van der Waals surface area contributed by atoms with Crippen molar-refractivity contribution < 1.29 is 19.4 Å². The smallest absolute Gasteiger partial charge is 0.324 e. The molecule has 31 heavy (non-hydrogen) atoms. The average molecular weight is 434 g/mol. The van der Waals surface area contributed by atoms with Crippen molar-refractivity contribution in [3.8, 4) is 0 Å². The Morgan fingerprint density at radius 2 is 1.77 bits per heavy atom. The standard InChI is InChI=1S/C22H35N5O4/c28-20-7-13-27(22(30)24-20)16-17-2-1-10-26(21(17)29)15-14-25-11-5-19(6-12-25)31-18-3-8-23-9-4-18/h1-2,10,18-19,21,23,29H,3-9,11-16H2,(H,24,28,30). The number of likely N-dealkylation sites (tertiary alicyclic amines) is 1. The Hall–Kier alpha value is -1.94. The molecule has 0 spiro atoms. The lowest BCUT2D eigenvalue weighted by Crippen LogP contribution is -2.51. The molecule has 0 bridgehead atoms. The second kappa shape index (κ2) is 10.6. The molecule has 4 aliphatic rings. The molecular weight excluding hydrogens is 398 g/mol. The van der Waals surface area contributed by atoms with Crippen molar-refractivity contribution in [2.24, 2.45) is 0 Å². The first-order valence-electron chi connectivity index (χ1n) is 11.6. The molecule has 3 amide bonds. The number of imide groups is 1. The van der Waals surface area contributed by atoms with Crippen LogP contribution in [0.1, 0.15) is 32.1 Å². The molecule has 0 radical (unpaired) electrons. The van der Waals surface area contributed by atoms with Crippen molar-refractivity contribution in [2.45, 2.75) is 50.5 Å². The van der Waals surface area contributed by atoms with E-state index in [2.05, 4.69) is 15.5 Å². The summed E-state index contributed by atoms with van der Waals surface area (Å²) in [6, 6.07) is -0.389. The highest BCUT2D eigenvalue weighted by atomic mass is 16.5. The van der Waals surface area contributed by atoms with E-state index in [1.54, 1.807) is 4.90 Å². The number of nitrogens with one attached hydrogen (secondary N) is 2. The SMILES string of the molecule is O=C1CCN(CC2=CC=CN(CCN3CCC(OC4CCNCC4)CC3)C2O)C(=O)N1. The normalized spacial score (nSPS) is 26.9. The maximum absolute atomic E-state index is 12.0. The minimum atomic E-state index is -0.754. The van der Waals surface area contributed by atoms with E-state index in [4.69, 9.17) is 4.74 Å². The van der Waals surface area contributed by atoms with Crippen LogP contribution >= 0.6 is 0 Å². The van der Waals surface area contributed by atoms with Crippen molar-refractivity contribution in [1.29, 1.82) is 0 Å². The molecule has 0 aromatic heterocycles. The number of aliphatic hydroxyl groups excluding tert-OH is 1. The minimum absolute atomic E-state index is 0.245. The molecule has 1 atom stereocenters. The number of carbonyl (C=O) groups is 2. The fourth-order valence-electron chi connectivity index (χ4n) is 4.69. The van der Waals surface area contributed by atoms with Gasteiger partial charge in [-0.25, -0.2) is 4.79 Å². The Morgan fingerprint density at radius 1 is 1.03 bits per heavy atom. The van der Waals surface area contributed by atoms with Gasteiger partial charge in [-0.15, -0.1) is 0 Å². The predicted octanol–water partition coefficient (Wildman–Crippen LogP) is 0.235. The molecule has 3 fully saturated rings. The summed E-state index contributed by atoms with van der Waals surface area (Å²) in [4.78, 5) is 29.2. The van der Waals surface area contributed by atoms with Crippen LogP contribution in [0.15, 0.2) is 23.9 Å². The highest BCUT2D eigenvalue weighted by molar-refractivity contribution is 5.96. The van der Waals surface area contributed by atoms with Gasteiger partial charge in [0.1, 0.15) is 0 Å². The van der Waals surface area contributed by atoms with E-state index in [9.17, 15) is 14.7 Å². The molecule has 3 N–H and O–H groups in total. The number of carbonyl (C=O) groups excluding carboxylic acids is 2. The van der Waals surface area contributed by atoms with Gasteiger partial charge in [-0.05, 0) is 50.4 Å². The van der Waals surface area contributed by atoms with Crippen molar-refractivity contribution >= 4 is 11.9 Å². The molecule has 1 unspecified atom stereocenters. The van der Waals surface area contributed by atoms with Gasteiger partial charge < -0.3 is 29.9 Å². The number of rotatable bonds is 7. The molecule has 4 heterocycles. The van der Waals surface area contributed by atoms with Gasteiger partial charge in [0.2, 0.25) is 5.91 Å². The first-order chi connectivity index (χ1) is 15.1. The number of hydrogen-bond acceptors (Lipinski definition) is 7. The lowest BCUT2D eigenvalue weighted by molar-refractivity contribution is -0.121. The lowest BCUT2D eigenvalue weighted by Gasteiger charge is -2.38. The van der Waals surface area contributed by atoms with Crippen molar-refractivity contribution in [3.63, 3.8) is 0 Å². The summed E-state index contributed by atoms with van der Waals surface area (Å²) in [6.45, 7) is 6.47. The van der Waals surface area contributed by atoms with E-state index in [0.29, 0.717) is 31.7 Å². The molecule has 0 aromatic carbocycles. The van der Waals surface area contributed by atoms with Gasteiger partial charge in [0.25, 0.3) is 0 Å². The quantitative estimate of drug-likeness (QED) is 0.529. The van der Waals surface area contributed by atoms with Gasteiger partial charge in [0.05, 0.1) is 12.2 Å². The first kappa shape index (κ1) is 22.3. The van der Waals surface area contributed by atoms with Crippen molar-refractivity contribution in [2.75, 3.05) is 52.4 Å². The molecule has 9 heteroatoms. The highest BCUT2D eigenvalue weighted by Gasteiger charge is 2.28. The number of aliphatic hydroxyl groups is 1. The summed E-state index contributed by atoms with van der Waals surface area (Å²) in [5.41, 5.74) is 0.765. The summed E-state index contributed by atoms with van der Waals surface area (Å²) in [6.07, 6.45) is 10.4. The zero-order valence-corrected chi connectivity index (χ0v) is 18.2. The van der Waals surface area contributed by atoms with E-state index in [-0.39, 0.29) is 11.9 Å². The third kappa shape index (κ3) is 6.06. The van der Waals surface area contributed by atoms with Gasteiger partial charge in [0, 0.05) is 51.9 Å². The predicted molar refractivity (Wildman–Crippen MR) is 116 cm³/mol. The number of amides is 3. The van der Waals surface area contributed by atoms with E-state index >= 15 is 0 Å². The zero-order valence-electron chi connectivity index (χ0n) is 18.2. The van der Waals surface area contributed by atoms with Crippen LogP contribution in [0.4, 0.5) is 4.79 Å². The van der Waals surface area contributed by atoms with Crippen LogP contribution in [-0.4, -0.2) is 103 Å². The third-order valence-corrected chi connectivity index (χ3v) is 6.63. The van der Waals surface area contributed by atoms with Crippen LogP contribution in [0.25, 0.3) is 0 Å². The van der Waals surface area contributed by atoms with E-state index in [1.165, 1.54) is 0 Å². The molecule has 0 aliphatic carbocycles. The largest absolute Gasteiger partial charge is 0.375 e. The van der Waals surface area contributed by atoms with E-state index in [0.717, 1.165) is 70.5 Å². The molecule has 4 aliphatic heterocycles. The number of urea groups is 1. The molecule has 9 nitrogen and oxygen atoms in total. The Balaban J connectivity index is 1.18. The Bertz CT molecular complexity index is 698. The van der Waals surface area contributed by atoms with Crippen LogP contribution in [0.2, 0.25) is 0 Å². The van der Waals surface area contributed by atoms with E-state index < -0.39 is 6.23 Å². The maximum atomic E-state index is 12.0. The first-order valence-corrected chi connectivity index (χ1v) is 11.6. The summed E-state index contributed by atoms with van der Waals surface area (Å²) < 4.78 is 6.30. The topological polar surface area (TPSA) is 97.4 Å². The molecule has 4 rings (SSSR count). The van der Waals surface area contributed by atoms with Crippen LogP contribution in [-0.2, 0) is 9.53 Å². The number of piperidine rings is 2. The summed E-state index contributed by atoms with van der Waals surface area (Å²) in [5, 5.41) is 16.5. The maximum Gasteiger partial charge on any atom is 0.324 e. The fourth-order valence-corrected chi connectivity index (χ4v) is 4.69. The molecule has 172 valence electrons. The Morgan fingerprint density at radius 3 is 2.52 bits per heavy atom. The molecule has 3 saturated heterocycles. The summed E-state index contributed by atoms with van der Waals surface area (Å²) >= 11 is 0. The Labute approximate surface area is 184 Å². The van der Waals surface area contributed by atoms with E-state index in [1.807, 2.05) is 23.3 Å². The molecular formula is C22H35N5O4. The number of allylic oxidation sites excluding steroid dienone is 2. The summed E-state index contributed by atoms with van der Waals surface area (Å²) in [7, 11) is 0. The van der Waals surface area contributed by atoms with Gasteiger partial charge in [-0.1, -0.05) is 6.08 Å².